The van der Waals surface area contributed by atoms with Crippen molar-refractivity contribution in [2.24, 2.45) is 0 Å². The van der Waals surface area contributed by atoms with Gasteiger partial charge in [0.05, 0.1) is 11.6 Å². The summed E-state index contributed by atoms with van der Waals surface area (Å²) in [6.45, 7) is 2.05. The molecule has 0 aliphatic carbocycles. The van der Waals surface area contributed by atoms with Crippen LogP contribution in [0.25, 0.3) is 0 Å². The number of hydrogen-bond acceptors (Lipinski definition) is 2. The number of aryl methyl sites for hydroxylation is 1. The molecule has 0 aliphatic rings. The van der Waals surface area contributed by atoms with Crippen molar-refractivity contribution in [2.75, 3.05) is 5.32 Å². The van der Waals surface area contributed by atoms with E-state index in [2.05, 4.69) is 5.32 Å². The van der Waals surface area contributed by atoms with Crippen molar-refractivity contribution in [3.63, 3.8) is 0 Å². The Balaban J connectivity index is 2.18. The molecule has 3 heteroatoms. The molecule has 0 aromatic heterocycles. The van der Waals surface area contributed by atoms with Crippen LogP contribution >= 0.6 is 0 Å². The van der Waals surface area contributed by atoms with Crippen molar-refractivity contribution < 1.29 is 4.79 Å². The first-order chi connectivity index (χ1) is 9.22. The Bertz CT molecular complexity index is 641. The summed E-state index contributed by atoms with van der Waals surface area (Å²) < 4.78 is 0. The van der Waals surface area contributed by atoms with E-state index in [1.807, 2.05) is 31.2 Å². The lowest BCUT2D eigenvalue weighted by molar-refractivity contribution is 0.102. The fraction of sp³-hybridized carbons (Fsp3) is 0.125. The highest BCUT2D eigenvalue weighted by molar-refractivity contribution is 6.04. The Labute approximate surface area is 112 Å². The van der Waals surface area contributed by atoms with Gasteiger partial charge in [-0.3, -0.25) is 4.79 Å². The highest BCUT2D eigenvalue weighted by Gasteiger charge is 2.06. The smallest absolute Gasteiger partial charge is 0.255 e. The normalized spacial score (nSPS) is 9.68. The van der Waals surface area contributed by atoms with E-state index in [0.717, 1.165) is 12.0 Å². The van der Waals surface area contributed by atoms with Crippen LogP contribution in [0.4, 0.5) is 5.69 Å². The van der Waals surface area contributed by atoms with Crippen molar-refractivity contribution in [1.82, 2.24) is 0 Å². The van der Waals surface area contributed by atoms with Gasteiger partial charge in [-0.05, 0) is 42.3 Å². The predicted octanol–water partition coefficient (Wildman–Crippen LogP) is 3.37. The van der Waals surface area contributed by atoms with Crippen LogP contribution in [0.2, 0.25) is 0 Å². The zero-order valence-electron chi connectivity index (χ0n) is 10.7. The van der Waals surface area contributed by atoms with E-state index < -0.39 is 0 Å². The fourth-order valence-electron chi connectivity index (χ4n) is 1.80. The van der Waals surface area contributed by atoms with Gasteiger partial charge < -0.3 is 5.32 Å². The molecule has 3 nitrogen and oxygen atoms in total. The molecule has 0 fully saturated rings. The highest BCUT2D eigenvalue weighted by Crippen LogP contribution is 2.13. The number of rotatable bonds is 3. The molecule has 2 aromatic rings. The molecule has 0 atom stereocenters. The van der Waals surface area contributed by atoms with E-state index in [1.54, 1.807) is 30.3 Å². The van der Waals surface area contributed by atoms with Gasteiger partial charge in [0.25, 0.3) is 5.91 Å². The van der Waals surface area contributed by atoms with Gasteiger partial charge in [-0.2, -0.15) is 5.26 Å². The third kappa shape index (κ3) is 3.20. The average molecular weight is 250 g/mol. The van der Waals surface area contributed by atoms with E-state index in [9.17, 15) is 4.79 Å². The molecular weight excluding hydrogens is 236 g/mol. The number of amides is 1. The summed E-state index contributed by atoms with van der Waals surface area (Å²) in [4.78, 5) is 12.1. The number of benzene rings is 2. The summed E-state index contributed by atoms with van der Waals surface area (Å²) in [6.07, 6.45) is 0.894. The van der Waals surface area contributed by atoms with Crippen LogP contribution in [0.5, 0.6) is 0 Å². The maximum atomic E-state index is 12.1. The average Bonchev–Trinajstić information content (AvgIpc) is 2.47. The van der Waals surface area contributed by atoms with E-state index in [-0.39, 0.29) is 5.91 Å². The van der Waals surface area contributed by atoms with Crippen LogP contribution in [0, 0.1) is 11.3 Å². The quantitative estimate of drug-likeness (QED) is 0.908. The van der Waals surface area contributed by atoms with Crippen molar-refractivity contribution in [2.45, 2.75) is 13.3 Å². The Morgan fingerprint density at radius 1 is 1.21 bits per heavy atom. The minimum atomic E-state index is -0.162. The minimum Gasteiger partial charge on any atom is -0.322 e. The van der Waals surface area contributed by atoms with Crippen LogP contribution in [-0.4, -0.2) is 5.91 Å². The molecule has 0 heterocycles. The lowest BCUT2D eigenvalue weighted by Gasteiger charge is -2.06. The van der Waals surface area contributed by atoms with Gasteiger partial charge in [-0.25, -0.2) is 0 Å². The van der Waals surface area contributed by atoms with E-state index in [4.69, 9.17) is 5.26 Å². The zero-order chi connectivity index (χ0) is 13.7. The molecular formula is C16H14N2O. The maximum Gasteiger partial charge on any atom is 0.255 e. The van der Waals surface area contributed by atoms with Crippen molar-refractivity contribution in [3.05, 3.63) is 65.2 Å². The van der Waals surface area contributed by atoms with E-state index in [1.165, 1.54) is 0 Å². The second-order valence-electron chi connectivity index (χ2n) is 4.20. The molecule has 2 aromatic carbocycles. The molecule has 0 saturated carbocycles. The summed E-state index contributed by atoms with van der Waals surface area (Å²) in [5, 5.41) is 11.6. The predicted molar refractivity (Wildman–Crippen MR) is 74.9 cm³/mol. The maximum absolute atomic E-state index is 12.1. The molecule has 94 valence electrons. The Kier molecular flexibility index (Phi) is 3.94. The summed E-state index contributed by atoms with van der Waals surface area (Å²) >= 11 is 0. The fourth-order valence-corrected chi connectivity index (χ4v) is 1.80. The molecule has 2 rings (SSSR count). The first-order valence-electron chi connectivity index (χ1n) is 6.13. The molecule has 0 unspecified atom stereocenters. The number of nitrogens with zero attached hydrogens (tertiary/aromatic N) is 1. The summed E-state index contributed by atoms with van der Waals surface area (Å²) in [5.41, 5.74) is 2.91. The van der Waals surface area contributed by atoms with Gasteiger partial charge in [0.2, 0.25) is 0 Å². The topological polar surface area (TPSA) is 52.9 Å². The SMILES string of the molecule is CCc1cccc(C(=O)Nc2cccc(C#N)c2)c1. The molecule has 0 radical (unpaired) electrons. The third-order valence-electron chi connectivity index (χ3n) is 2.85. The van der Waals surface area contributed by atoms with Gasteiger partial charge in [-0.15, -0.1) is 0 Å². The molecule has 19 heavy (non-hydrogen) atoms. The molecule has 1 amide bonds. The molecule has 0 spiro atoms. The number of carbonyl (C=O) groups is 1. The Morgan fingerprint density at radius 2 is 2.00 bits per heavy atom. The van der Waals surface area contributed by atoms with E-state index in [0.29, 0.717) is 16.8 Å². The number of hydrogen-bond donors (Lipinski definition) is 1. The Hall–Kier alpha value is -2.60. The largest absolute Gasteiger partial charge is 0.322 e. The summed E-state index contributed by atoms with van der Waals surface area (Å²) in [6, 6.07) is 16.4. The van der Waals surface area contributed by atoms with E-state index >= 15 is 0 Å². The monoisotopic (exact) mass is 250 g/mol. The second-order valence-corrected chi connectivity index (χ2v) is 4.20. The van der Waals surface area contributed by atoms with Crippen molar-refractivity contribution >= 4 is 11.6 Å². The zero-order valence-corrected chi connectivity index (χ0v) is 10.7. The van der Waals surface area contributed by atoms with Crippen LogP contribution in [-0.2, 0) is 6.42 Å². The van der Waals surface area contributed by atoms with Crippen LogP contribution in [0.15, 0.2) is 48.5 Å². The minimum absolute atomic E-state index is 0.162. The van der Waals surface area contributed by atoms with Crippen molar-refractivity contribution in [3.8, 4) is 6.07 Å². The Morgan fingerprint density at radius 3 is 2.74 bits per heavy atom. The van der Waals surface area contributed by atoms with Gasteiger partial charge in [0, 0.05) is 11.3 Å². The van der Waals surface area contributed by atoms with Crippen LogP contribution < -0.4 is 5.32 Å². The van der Waals surface area contributed by atoms with Crippen LogP contribution in [0.1, 0.15) is 28.4 Å². The molecule has 1 N–H and O–H groups in total. The standard InChI is InChI=1S/C16H14N2O/c1-2-12-5-3-7-14(9-12)16(19)18-15-8-4-6-13(10-15)11-17/h3-10H,2H2,1H3,(H,18,19). The summed E-state index contributed by atoms with van der Waals surface area (Å²) in [7, 11) is 0. The molecule has 0 aliphatic heterocycles. The van der Waals surface area contributed by atoms with Crippen molar-refractivity contribution in [1.29, 1.82) is 5.26 Å². The van der Waals surface area contributed by atoms with Gasteiger partial charge in [0.15, 0.2) is 0 Å². The van der Waals surface area contributed by atoms with Gasteiger partial charge in [0.1, 0.15) is 0 Å². The van der Waals surface area contributed by atoms with Crippen LogP contribution in [0.3, 0.4) is 0 Å². The van der Waals surface area contributed by atoms with Gasteiger partial charge in [-0.1, -0.05) is 25.1 Å². The second kappa shape index (κ2) is 5.83. The molecule has 0 saturated heterocycles. The number of nitrogens with one attached hydrogen (secondary N) is 1. The lowest BCUT2D eigenvalue weighted by atomic mass is 10.1. The third-order valence-corrected chi connectivity index (χ3v) is 2.85. The number of nitriles is 1. The molecule has 0 bridgehead atoms. The summed E-state index contributed by atoms with van der Waals surface area (Å²) in [5.74, 6) is -0.162. The van der Waals surface area contributed by atoms with Gasteiger partial charge >= 0.3 is 0 Å². The number of anilines is 1. The number of carbonyl (C=O) groups excluding carboxylic acids is 1. The first-order valence-corrected chi connectivity index (χ1v) is 6.13. The first kappa shape index (κ1) is 12.8. The highest BCUT2D eigenvalue weighted by atomic mass is 16.1. The lowest BCUT2D eigenvalue weighted by Crippen LogP contribution is -2.12.